The molecule has 1 fully saturated rings. The molecule has 2 unspecified atom stereocenters. The Bertz CT molecular complexity index is 232. The molecule has 2 N–H and O–H groups in total. The van der Waals surface area contributed by atoms with Crippen molar-refractivity contribution in [2.75, 3.05) is 13.1 Å². The maximum atomic E-state index is 8.70. The molecule has 92 valence electrons. The summed E-state index contributed by atoms with van der Waals surface area (Å²) >= 11 is 0. The van der Waals surface area contributed by atoms with E-state index in [1.165, 1.54) is 19.3 Å². The van der Waals surface area contributed by atoms with E-state index in [4.69, 9.17) is 11.0 Å². The quantitative estimate of drug-likeness (QED) is 0.777. The topological polar surface area (TPSA) is 53.0 Å². The second kappa shape index (κ2) is 6.88. The molecular formula is C13H25N3. The Morgan fingerprint density at radius 2 is 2.19 bits per heavy atom. The first-order chi connectivity index (χ1) is 7.63. The van der Waals surface area contributed by atoms with Gasteiger partial charge in [0.1, 0.15) is 0 Å². The molecule has 3 heteroatoms. The van der Waals surface area contributed by atoms with E-state index in [1.807, 2.05) is 0 Å². The maximum Gasteiger partial charge on any atom is 0.0635 e. The number of nitriles is 1. The van der Waals surface area contributed by atoms with E-state index >= 15 is 0 Å². The van der Waals surface area contributed by atoms with Crippen LogP contribution in [0, 0.1) is 17.2 Å². The summed E-state index contributed by atoms with van der Waals surface area (Å²) in [6.45, 7) is 6.48. The monoisotopic (exact) mass is 223 g/mol. The molecule has 3 nitrogen and oxygen atoms in total. The standard InChI is InChI=1S/C13H25N3/c1-11(2)10-16(8-4-7-14)13-6-3-5-12(15)9-13/h11-13H,3-6,8-10,15H2,1-2H3. The molecule has 0 radical (unpaired) electrons. The van der Waals surface area contributed by atoms with E-state index in [9.17, 15) is 0 Å². The highest BCUT2D eigenvalue weighted by atomic mass is 15.2. The Kier molecular flexibility index (Phi) is 5.79. The summed E-state index contributed by atoms with van der Waals surface area (Å²) in [5, 5.41) is 8.70. The SMILES string of the molecule is CC(C)CN(CCC#N)C1CCCC(N)C1. The third kappa shape index (κ3) is 4.51. The molecule has 0 aromatic heterocycles. The zero-order valence-electron chi connectivity index (χ0n) is 10.7. The van der Waals surface area contributed by atoms with Crippen LogP contribution in [0.25, 0.3) is 0 Å². The lowest BCUT2D eigenvalue weighted by Gasteiger charge is -2.37. The van der Waals surface area contributed by atoms with Crippen LogP contribution in [-0.4, -0.2) is 30.1 Å². The van der Waals surface area contributed by atoms with Gasteiger partial charge in [-0.15, -0.1) is 0 Å². The van der Waals surface area contributed by atoms with Crippen LogP contribution in [0.3, 0.4) is 0 Å². The van der Waals surface area contributed by atoms with Gasteiger partial charge < -0.3 is 5.73 Å². The first kappa shape index (κ1) is 13.5. The van der Waals surface area contributed by atoms with Crippen LogP contribution in [0.2, 0.25) is 0 Å². The summed E-state index contributed by atoms with van der Waals surface area (Å²) in [7, 11) is 0. The molecule has 0 amide bonds. The van der Waals surface area contributed by atoms with Crippen LogP contribution in [0.5, 0.6) is 0 Å². The Balaban J connectivity index is 2.49. The molecule has 0 saturated heterocycles. The minimum absolute atomic E-state index is 0.371. The largest absolute Gasteiger partial charge is 0.328 e. The van der Waals surface area contributed by atoms with Gasteiger partial charge in [-0.3, -0.25) is 4.90 Å². The van der Waals surface area contributed by atoms with Crippen molar-refractivity contribution >= 4 is 0 Å². The van der Waals surface area contributed by atoms with Crippen molar-refractivity contribution < 1.29 is 0 Å². The second-order valence-electron chi connectivity index (χ2n) is 5.38. The Morgan fingerprint density at radius 3 is 2.75 bits per heavy atom. The number of hydrogen-bond donors (Lipinski definition) is 1. The van der Waals surface area contributed by atoms with Gasteiger partial charge in [0.25, 0.3) is 0 Å². The summed E-state index contributed by atoms with van der Waals surface area (Å²) in [6.07, 6.45) is 5.42. The summed E-state index contributed by atoms with van der Waals surface area (Å²) in [5.74, 6) is 0.664. The van der Waals surface area contributed by atoms with Crippen molar-refractivity contribution in [3.63, 3.8) is 0 Å². The lowest BCUT2D eigenvalue weighted by molar-refractivity contribution is 0.135. The van der Waals surface area contributed by atoms with E-state index in [2.05, 4.69) is 24.8 Å². The summed E-state index contributed by atoms with van der Waals surface area (Å²) in [5.41, 5.74) is 6.03. The van der Waals surface area contributed by atoms with E-state index < -0.39 is 0 Å². The van der Waals surface area contributed by atoms with Crippen molar-refractivity contribution in [2.24, 2.45) is 11.7 Å². The van der Waals surface area contributed by atoms with Gasteiger partial charge in [0.05, 0.1) is 6.07 Å². The highest BCUT2D eigenvalue weighted by Crippen LogP contribution is 2.23. The van der Waals surface area contributed by atoms with E-state index in [0.717, 1.165) is 19.5 Å². The Hall–Kier alpha value is -0.590. The van der Waals surface area contributed by atoms with Crippen LogP contribution < -0.4 is 5.73 Å². The molecule has 1 saturated carbocycles. The fourth-order valence-corrected chi connectivity index (χ4v) is 2.62. The van der Waals surface area contributed by atoms with E-state index in [1.54, 1.807) is 0 Å². The first-order valence-corrected chi connectivity index (χ1v) is 6.50. The molecule has 0 heterocycles. The Labute approximate surface area is 99.6 Å². The number of nitrogens with two attached hydrogens (primary N) is 1. The summed E-state index contributed by atoms with van der Waals surface area (Å²) in [4.78, 5) is 2.48. The van der Waals surface area contributed by atoms with Gasteiger partial charge in [-0.2, -0.15) is 5.26 Å². The lowest BCUT2D eigenvalue weighted by Crippen LogP contribution is -2.44. The number of rotatable bonds is 5. The van der Waals surface area contributed by atoms with Crippen molar-refractivity contribution in [1.82, 2.24) is 4.90 Å². The third-order valence-electron chi connectivity index (χ3n) is 3.31. The molecule has 1 aliphatic rings. The fourth-order valence-electron chi connectivity index (χ4n) is 2.62. The fraction of sp³-hybridized carbons (Fsp3) is 0.923. The minimum Gasteiger partial charge on any atom is -0.328 e. The van der Waals surface area contributed by atoms with Crippen molar-refractivity contribution in [3.05, 3.63) is 0 Å². The van der Waals surface area contributed by atoms with Gasteiger partial charge in [0, 0.05) is 31.6 Å². The van der Waals surface area contributed by atoms with Crippen LogP contribution in [-0.2, 0) is 0 Å². The van der Waals surface area contributed by atoms with Crippen LogP contribution in [0.1, 0.15) is 46.0 Å². The van der Waals surface area contributed by atoms with Gasteiger partial charge in [-0.25, -0.2) is 0 Å². The van der Waals surface area contributed by atoms with Gasteiger partial charge in [0.2, 0.25) is 0 Å². The van der Waals surface area contributed by atoms with Crippen molar-refractivity contribution in [3.8, 4) is 6.07 Å². The predicted octanol–water partition coefficient (Wildman–Crippen LogP) is 2.13. The van der Waals surface area contributed by atoms with Crippen molar-refractivity contribution in [1.29, 1.82) is 5.26 Å². The molecule has 0 spiro atoms. The molecule has 1 aliphatic carbocycles. The van der Waals surface area contributed by atoms with Crippen LogP contribution in [0.15, 0.2) is 0 Å². The molecule has 16 heavy (non-hydrogen) atoms. The molecule has 0 aliphatic heterocycles. The average Bonchev–Trinajstić information content (AvgIpc) is 2.23. The van der Waals surface area contributed by atoms with Crippen LogP contribution in [0.4, 0.5) is 0 Å². The smallest absolute Gasteiger partial charge is 0.0635 e. The highest BCUT2D eigenvalue weighted by Gasteiger charge is 2.24. The zero-order chi connectivity index (χ0) is 12.0. The van der Waals surface area contributed by atoms with Gasteiger partial charge in [-0.1, -0.05) is 20.3 Å². The summed E-state index contributed by atoms with van der Waals surface area (Å²) < 4.78 is 0. The zero-order valence-corrected chi connectivity index (χ0v) is 10.7. The molecular weight excluding hydrogens is 198 g/mol. The number of nitrogens with zero attached hydrogens (tertiary/aromatic N) is 2. The second-order valence-corrected chi connectivity index (χ2v) is 5.38. The normalized spacial score (nSPS) is 26.0. The van der Waals surface area contributed by atoms with E-state index in [0.29, 0.717) is 24.4 Å². The first-order valence-electron chi connectivity index (χ1n) is 6.50. The molecule has 0 aromatic rings. The molecule has 0 aromatic carbocycles. The van der Waals surface area contributed by atoms with E-state index in [-0.39, 0.29) is 0 Å². The average molecular weight is 223 g/mol. The molecule has 2 atom stereocenters. The Morgan fingerprint density at radius 1 is 1.44 bits per heavy atom. The van der Waals surface area contributed by atoms with Crippen LogP contribution >= 0.6 is 0 Å². The molecule has 1 rings (SSSR count). The highest BCUT2D eigenvalue weighted by molar-refractivity contribution is 4.84. The van der Waals surface area contributed by atoms with Gasteiger partial charge >= 0.3 is 0 Å². The van der Waals surface area contributed by atoms with Gasteiger partial charge in [0.15, 0.2) is 0 Å². The minimum atomic E-state index is 0.371. The van der Waals surface area contributed by atoms with Crippen molar-refractivity contribution in [2.45, 2.75) is 58.0 Å². The third-order valence-corrected chi connectivity index (χ3v) is 3.31. The lowest BCUT2D eigenvalue weighted by atomic mass is 9.90. The summed E-state index contributed by atoms with van der Waals surface area (Å²) in [6, 6.07) is 3.23. The maximum absolute atomic E-state index is 8.70. The van der Waals surface area contributed by atoms with Gasteiger partial charge in [-0.05, 0) is 25.2 Å². The molecule has 0 bridgehead atoms. The predicted molar refractivity (Wildman–Crippen MR) is 66.9 cm³/mol. The number of hydrogen-bond acceptors (Lipinski definition) is 3.